The van der Waals surface area contributed by atoms with Crippen LogP contribution in [0.15, 0.2) is 72.3 Å². The van der Waals surface area contributed by atoms with Gasteiger partial charge in [-0.25, -0.2) is 17.2 Å². The van der Waals surface area contributed by atoms with Gasteiger partial charge in [-0.1, -0.05) is 48.0 Å². The Bertz CT molecular complexity index is 1300. The number of hydrogen-bond donors (Lipinski definition) is 0. The van der Waals surface area contributed by atoms with E-state index in [1.165, 1.54) is 0 Å². The maximum Gasteiger partial charge on any atom is 0.176 e. The first-order chi connectivity index (χ1) is 15.7. The number of nitrogens with zero attached hydrogens (tertiary/aromatic N) is 1. The number of rotatable bonds is 6. The first-order valence-corrected chi connectivity index (χ1v) is 13.0. The molecule has 1 aliphatic rings. The number of likely N-dealkylation sites (tertiary alicyclic amines) is 1. The summed E-state index contributed by atoms with van der Waals surface area (Å²) in [5, 5.41) is 0.611. The molecule has 172 valence electrons. The molecule has 0 radical (unpaired) electrons. The van der Waals surface area contributed by atoms with E-state index in [0.717, 1.165) is 41.1 Å². The molecule has 1 fully saturated rings. The third kappa shape index (κ3) is 5.14. The van der Waals surface area contributed by atoms with E-state index in [0.29, 0.717) is 29.6 Å². The van der Waals surface area contributed by atoms with Crippen LogP contribution in [0.1, 0.15) is 28.3 Å². The Hall–Kier alpha value is -2.25. The molecule has 1 aliphatic heterocycles. The van der Waals surface area contributed by atoms with Gasteiger partial charge in [-0.3, -0.25) is 4.90 Å². The predicted octanol–water partition coefficient (Wildman–Crippen LogP) is 6.22. The molecule has 0 aliphatic carbocycles. The summed E-state index contributed by atoms with van der Waals surface area (Å²) in [4.78, 5) is 2.07. The number of hydrogen-bond acceptors (Lipinski definition) is 3. The summed E-state index contributed by atoms with van der Waals surface area (Å²) in [6.07, 6.45) is 1.06. The Morgan fingerprint density at radius 3 is 2.18 bits per heavy atom. The molecule has 8 heteroatoms. The van der Waals surface area contributed by atoms with Crippen LogP contribution < -0.4 is 0 Å². The van der Waals surface area contributed by atoms with Gasteiger partial charge in [0.1, 0.15) is 11.6 Å². The molecule has 1 atom stereocenters. The normalized spacial score (nSPS) is 15.2. The molecule has 0 bridgehead atoms. The molecule has 4 rings (SSSR count). The SMILES string of the molecule is CS(=O)(=O)C(=C1CN([C@H](c2ccc(Cl)cc2)c2ccccc2CCl)C1)c1cc(F)cc(F)c1. The highest BCUT2D eigenvalue weighted by Crippen LogP contribution is 2.39. The van der Waals surface area contributed by atoms with Crippen molar-refractivity contribution in [1.82, 2.24) is 4.90 Å². The van der Waals surface area contributed by atoms with Crippen molar-refractivity contribution < 1.29 is 17.2 Å². The second-order valence-corrected chi connectivity index (χ2v) is 10.7. The third-order valence-electron chi connectivity index (χ3n) is 5.65. The lowest BCUT2D eigenvalue weighted by Gasteiger charge is -2.42. The van der Waals surface area contributed by atoms with Crippen molar-refractivity contribution in [1.29, 1.82) is 0 Å². The van der Waals surface area contributed by atoms with E-state index in [1.54, 1.807) is 12.1 Å². The fraction of sp³-hybridized carbons (Fsp3) is 0.200. The fourth-order valence-electron chi connectivity index (χ4n) is 4.29. The Morgan fingerprint density at radius 1 is 1.00 bits per heavy atom. The highest BCUT2D eigenvalue weighted by molar-refractivity contribution is 8.00. The van der Waals surface area contributed by atoms with Crippen molar-refractivity contribution in [2.45, 2.75) is 11.9 Å². The van der Waals surface area contributed by atoms with E-state index in [1.807, 2.05) is 36.4 Å². The van der Waals surface area contributed by atoms with Crippen LogP contribution in [-0.4, -0.2) is 32.7 Å². The molecule has 3 aromatic carbocycles. The lowest BCUT2D eigenvalue weighted by molar-refractivity contribution is 0.202. The minimum absolute atomic E-state index is 0.0221. The molecule has 0 unspecified atom stereocenters. The number of alkyl halides is 1. The Labute approximate surface area is 202 Å². The topological polar surface area (TPSA) is 37.4 Å². The average molecular weight is 508 g/mol. The van der Waals surface area contributed by atoms with E-state index in [9.17, 15) is 17.2 Å². The molecular weight excluding hydrogens is 487 g/mol. The summed E-state index contributed by atoms with van der Waals surface area (Å²) in [5.41, 5.74) is 3.58. The van der Waals surface area contributed by atoms with Gasteiger partial charge in [0.2, 0.25) is 0 Å². The first-order valence-electron chi connectivity index (χ1n) is 10.2. The Morgan fingerprint density at radius 2 is 1.61 bits per heavy atom. The minimum atomic E-state index is -3.73. The van der Waals surface area contributed by atoms with Crippen molar-refractivity contribution >= 4 is 37.9 Å². The van der Waals surface area contributed by atoms with Crippen molar-refractivity contribution in [2.75, 3.05) is 19.3 Å². The van der Waals surface area contributed by atoms with Crippen molar-refractivity contribution in [3.63, 3.8) is 0 Å². The molecule has 33 heavy (non-hydrogen) atoms. The lowest BCUT2D eigenvalue weighted by atomic mass is 9.90. The van der Waals surface area contributed by atoms with Gasteiger partial charge in [0.25, 0.3) is 0 Å². The standard InChI is InChI=1S/C25H21Cl2F2NO2S/c1-33(31,32)25(18-10-21(28)12-22(29)11-18)19-14-30(15-19)24(16-6-8-20(27)9-7-16)23-5-3-2-4-17(23)13-26/h2-12,24H,13-15H2,1H3/t24-/m1/s1. The summed E-state index contributed by atoms with van der Waals surface area (Å²) >= 11 is 12.3. The maximum absolute atomic E-state index is 13.8. The third-order valence-corrected chi connectivity index (χ3v) is 7.45. The molecular formula is C25H21Cl2F2NO2S. The Kier molecular flexibility index (Phi) is 6.91. The van der Waals surface area contributed by atoms with Crippen LogP contribution in [0, 0.1) is 11.6 Å². The molecule has 0 saturated carbocycles. The van der Waals surface area contributed by atoms with E-state index in [2.05, 4.69) is 4.90 Å². The van der Waals surface area contributed by atoms with E-state index >= 15 is 0 Å². The van der Waals surface area contributed by atoms with Crippen LogP contribution >= 0.6 is 23.2 Å². The van der Waals surface area contributed by atoms with Gasteiger partial charge in [-0.2, -0.15) is 0 Å². The minimum Gasteiger partial charge on any atom is -0.284 e. The highest BCUT2D eigenvalue weighted by Gasteiger charge is 2.35. The van der Waals surface area contributed by atoms with Crippen LogP contribution in [0.4, 0.5) is 8.78 Å². The van der Waals surface area contributed by atoms with Gasteiger partial charge in [0.05, 0.1) is 10.9 Å². The zero-order valence-corrected chi connectivity index (χ0v) is 20.1. The second-order valence-electron chi connectivity index (χ2n) is 8.05. The molecule has 3 nitrogen and oxygen atoms in total. The predicted molar refractivity (Wildman–Crippen MR) is 129 cm³/mol. The van der Waals surface area contributed by atoms with Crippen LogP contribution in [0.3, 0.4) is 0 Å². The monoisotopic (exact) mass is 507 g/mol. The zero-order valence-electron chi connectivity index (χ0n) is 17.7. The first kappa shape index (κ1) is 23.9. The van der Waals surface area contributed by atoms with Gasteiger partial charge < -0.3 is 0 Å². The molecule has 0 N–H and O–H groups in total. The number of sulfone groups is 1. The van der Waals surface area contributed by atoms with Gasteiger partial charge in [-0.05, 0) is 52.1 Å². The van der Waals surface area contributed by atoms with Crippen molar-refractivity contribution in [3.05, 3.63) is 111 Å². The van der Waals surface area contributed by atoms with E-state index < -0.39 is 21.5 Å². The molecule has 0 amide bonds. The summed E-state index contributed by atoms with van der Waals surface area (Å²) in [7, 11) is -3.73. The van der Waals surface area contributed by atoms with E-state index in [-0.39, 0.29) is 16.5 Å². The summed E-state index contributed by atoms with van der Waals surface area (Å²) in [6.45, 7) is 0.648. The van der Waals surface area contributed by atoms with Gasteiger partial charge in [0.15, 0.2) is 9.84 Å². The largest absolute Gasteiger partial charge is 0.284 e. The van der Waals surface area contributed by atoms with Crippen LogP contribution in [0.5, 0.6) is 0 Å². The smallest absolute Gasteiger partial charge is 0.176 e. The average Bonchev–Trinajstić information content (AvgIpc) is 2.72. The van der Waals surface area contributed by atoms with Gasteiger partial charge >= 0.3 is 0 Å². The molecule has 0 spiro atoms. The van der Waals surface area contributed by atoms with Gasteiger partial charge in [-0.15, -0.1) is 11.6 Å². The van der Waals surface area contributed by atoms with Crippen molar-refractivity contribution in [3.8, 4) is 0 Å². The molecule has 1 saturated heterocycles. The molecule has 1 heterocycles. The van der Waals surface area contributed by atoms with E-state index in [4.69, 9.17) is 23.2 Å². The summed E-state index contributed by atoms with van der Waals surface area (Å²) < 4.78 is 52.8. The van der Waals surface area contributed by atoms with Crippen molar-refractivity contribution in [2.24, 2.45) is 0 Å². The second kappa shape index (κ2) is 9.55. The molecule has 0 aromatic heterocycles. The van der Waals surface area contributed by atoms with Gasteiger partial charge in [0, 0.05) is 36.3 Å². The zero-order chi connectivity index (χ0) is 23.8. The quantitative estimate of drug-likeness (QED) is 0.371. The number of halogens is 4. The molecule has 3 aromatic rings. The maximum atomic E-state index is 13.8. The highest BCUT2D eigenvalue weighted by atomic mass is 35.5. The fourth-order valence-corrected chi connectivity index (χ4v) is 5.86. The number of benzene rings is 3. The summed E-state index contributed by atoms with van der Waals surface area (Å²) in [5.74, 6) is -1.32. The van der Waals surface area contributed by atoms with Crippen LogP contribution in [-0.2, 0) is 15.7 Å². The van der Waals surface area contributed by atoms with Crippen LogP contribution in [0.2, 0.25) is 5.02 Å². The summed E-state index contributed by atoms with van der Waals surface area (Å²) in [6, 6.07) is 17.9. The lowest BCUT2D eigenvalue weighted by Crippen LogP contribution is -2.44. The Balaban J connectivity index is 1.77. The van der Waals surface area contributed by atoms with Crippen LogP contribution in [0.25, 0.3) is 4.91 Å².